The number of hydrogen-bond donors (Lipinski definition) is 1. The first kappa shape index (κ1) is 18.6. The molecule has 4 aromatic rings. The molecule has 8 heteroatoms. The van der Waals surface area contributed by atoms with Gasteiger partial charge in [0.15, 0.2) is 0 Å². The van der Waals surface area contributed by atoms with Crippen LogP contribution >= 0.6 is 11.3 Å². The molecule has 0 spiro atoms. The van der Waals surface area contributed by atoms with Crippen molar-refractivity contribution in [1.29, 1.82) is 0 Å². The molecule has 0 bridgehead atoms. The minimum absolute atomic E-state index is 0.0786. The number of fused-ring (bicyclic) bond motifs is 4. The molecule has 0 aliphatic carbocycles. The van der Waals surface area contributed by atoms with E-state index in [0.29, 0.717) is 25.5 Å². The number of aryl methyl sites for hydroxylation is 1. The Labute approximate surface area is 177 Å². The van der Waals surface area contributed by atoms with E-state index >= 15 is 0 Å². The van der Waals surface area contributed by atoms with E-state index in [4.69, 9.17) is 10.5 Å². The summed E-state index contributed by atoms with van der Waals surface area (Å²) in [4.78, 5) is 23.9. The summed E-state index contributed by atoms with van der Waals surface area (Å²) in [5.41, 5.74) is 10.3. The predicted octanol–water partition coefficient (Wildman–Crippen LogP) is 3.74. The number of nitrogens with zero attached hydrogens (tertiary/aromatic N) is 4. The van der Waals surface area contributed by atoms with Crippen LogP contribution in [-0.2, 0) is 17.9 Å². The largest absolute Gasteiger partial charge is 0.495 e. The van der Waals surface area contributed by atoms with Gasteiger partial charge in [0.1, 0.15) is 23.5 Å². The summed E-state index contributed by atoms with van der Waals surface area (Å²) in [7, 11) is 1.69. The fourth-order valence-electron chi connectivity index (χ4n) is 4.25. The van der Waals surface area contributed by atoms with Crippen molar-refractivity contribution in [2.75, 3.05) is 19.4 Å². The third-order valence-electron chi connectivity index (χ3n) is 5.59. The summed E-state index contributed by atoms with van der Waals surface area (Å²) >= 11 is 1.65. The Balaban J connectivity index is 1.80. The van der Waals surface area contributed by atoms with Gasteiger partial charge in [-0.15, -0.1) is 11.3 Å². The Hall–Kier alpha value is -3.39. The molecule has 1 aliphatic heterocycles. The molecule has 1 amide bonds. The van der Waals surface area contributed by atoms with Crippen molar-refractivity contribution in [3.05, 3.63) is 48.4 Å². The van der Waals surface area contributed by atoms with E-state index in [0.717, 1.165) is 48.6 Å². The predicted molar refractivity (Wildman–Crippen MR) is 120 cm³/mol. The van der Waals surface area contributed by atoms with E-state index in [1.165, 1.54) is 12.4 Å². The first-order valence-corrected chi connectivity index (χ1v) is 10.4. The van der Waals surface area contributed by atoms with E-state index in [1.807, 2.05) is 6.07 Å². The number of thiophene rings is 1. The van der Waals surface area contributed by atoms with Gasteiger partial charge in [0.2, 0.25) is 5.91 Å². The Morgan fingerprint density at radius 2 is 2.13 bits per heavy atom. The van der Waals surface area contributed by atoms with Gasteiger partial charge in [0.25, 0.3) is 0 Å². The number of anilines is 1. The molecule has 4 heterocycles. The number of aromatic nitrogens is 3. The number of benzene rings is 1. The Morgan fingerprint density at radius 3 is 2.90 bits per heavy atom. The average Bonchev–Trinajstić information content (AvgIpc) is 3.31. The van der Waals surface area contributed by atoms with Crippen LogP contribution in [0.2, 0.25) is 0 Å². The maximum absolute atomic E-state index is 12.3. The minimum atomic E-state index is -0.0786. The summed E-state index contributed by atoms with van der Waals surface area (Å²) in [5, 5.41) is 1.95. The van der Waals surface area contributed by atoms with Gasteiger partial charge >= 0.3 is 0 Å². The van der Waals surface area contributed by atoms with Gasteiger partial charge in [0, 0.05) is 29.2 Å². The quantitative estimate of drug-likeness (QED) is 0.511. The SMILES string of the molecule is C=CC(=O)N1CCn2c(c(-c3cc4cc(C)cc(OC)c4s3)c3c(N)ncnc32)C1. The average molecular weight is 420 g/mol. The summed E-state index contributed by atoms with van der Waals surface area (Å²) in [6, 6.07) is 6.35. The maximum Gasteiger partial charge on any atom is 0.246 e. The number of hydrogen-bond acceptors (Lipinski definition) is 6. The second-order valence-electron chi connectivity index (χ2n) is 7.39. The highest BCUT2D eigenvalue weighted by Gasteiger charge is 2.29. The highest BCUT2D eigenvalue weighted by atomic mass is 32.1. The highest BCUT2D eigenvalue weighted by molar-refractivity contribution is 7.22. The molecule has 1 aliphatic rings. The number of rotatable bonds is 3. The van der Waals surface area contributed by atoms with Crippen LogP contribution in [0.15, 0.2) is 37.2 Å². The van der Waals surface area contributed by atoms with Crippen molar-refractivity contribution >= 4 is 44.2 Å². The van der Waals surface area contributed by atoms with Crippen LogP contribution in [0.5, 0.6) is 5.75 Å². The van der Waals surface area contributed by atoms with Crippen molar-refractivity contribution in [1.82, 2.24) is 19.4 Å². The maximum atomic E-state index is 12.3. The van der Waals surface area contributed by atoms with Crippen molar-refractivity contribution in [3.8, 4) is 16.2 Å². The Bertz CT molecular complexity index is 1340. The number of amides is 1. The van der Waals surface area contributed by atoms with E-state index < -0.39 is 0 Å². The zero-order valence-corrected chi connectivity index (χ0v) is 17.6. The number of nitrogens with two attached hydrogens (primary N) is 1. The van der Waals surface area contributed by atoms with Crippen LogP contribution in [0.1, 0.15) is 11.3 Å². The van der Waals surface area contributed by atoms with Gasteiger partial charge in [-0.3, -0.25) is 4.79 Å². The summed E-state index contributed by atoms with van der Waals surface area (Å²) < 4.78 is 8.85. The fraction of sp³-hybridized carbons (Fsp3) is 0.227. The second-order valence-corrected chi connectivity index (χ2v) is 8.44. The summed E-state index contributed by atoms with van der Waals surface area (Å²) in [6.45, 7) is 7.41. The lowest BCUT2D eigenvalue weighted by Crippen LogP contribution is -2.37. The zero-order valence-electron chi connectivity index (χ0n) is 16.8. The number of ether oxygens (including phenoxy) is 1. The first-order chi connectivity index (χ1) is 14.5. The summed E-state index contributed by atoms with van der Waals surface area (Å²) in [5.74, 6) is 1.22. The van der Waals surface area contributed by atoms with Crippen LogP contribution in [0.3, 0.4) is 0 Å². The van der Waals surface area contributed by atoms with E-state index in [-0.39, 0.29) is 5.91 Å². The third kappa shape index (κ3) is 2.68. The van der Waals surface area contributed by atoms with Gasteiger partial charge < -0.3 is 19.9 Å². The molecular weight excluding hydrogens is 398 g/mol. The van der Waals surface area contributed by atoms with Crippen LogP contribution in [-0.4, -0.2) is 39.0 Å². The fourth-order valence-corrected chi connectivity index (χ4v) is 5.45. The first-order valence-electron chi connectivity index (χ1n) is 9.63. The minimum Gasteiger partial charge on any atom is -0.495 e. The van der Waals surface area contributed by atoms with E-state index in [2.05, 4.69) is 40.2 Å². The van der Waals surface area contributed by atoms with Gasteiger partial charge in [-0.05, 0) is 36.1 Å². The van der Waals surface area contributed by atoms with Crippen molar-refractivity contribution in [2.24, 2.45) is 0 Å². The van der Waals surface area contributed by atoms with E-state index in [9.17, 15) is 4.79 Å². The highest BCUT2D eigenvalue weighted by Crippen LogP contribution is 2.45. The molecular formula is C22H21N5O2S. The molecule has 0 radical (unpaired) electrons. The number of carbonyl (C=O) groups is 1. The van der Waals surface area contributed by atoms with E-state index in [1.54, 1.807) is 23.3 Å². The monoisotopic (exact) mass is 419 g/mol. The smallest absolute Gasteiger partial charge is 0.246 e. The van der Waals surface area contributed by atoms with Gasteiger partial charge in [-0.2, -0.15) is 0 Å². The van der Waals surface area contributed by atoms with Crippen LogP contribution in [0, 0.1) is 6.92 Å². The number of carbonyl (C=O) groups excluding carboxylic acids is 1. The topological polar surface area (TPSA) is 86.3 Å². The lowest BCUT2D eigenvalue weighted by atomic mass is 10.1. The number of nitrogen functional groups attached to an aromatic ring is 1. The van der Waals surface area contributed by atoms with Crippen LogP contribution in [0.4, 0.5) is 5.82 Å². The molecule has 0 atom stereocenters. The lowest BCUT2D eigenvalue weighted by molar-refractivity contribution is -0.127. The molecule has 0 fully saturated rings. The Kier molecular flexibility index (Phi) is 4.25. The van der Waals surface area contributed by atoms with Gasteiger partial charge in [0.05, 0.1) is 23.7 Å². The number of methoxy groups -OCH3 is 1. The molecule has 2 N–H and O–H groups in total. The van der Waals surface area contributed by atoms with Crippen molar-refractivity contribution in [3.63, 3.8) is 0 Å². The molecule has 0 unspecified atom stereocenters. The molecule has 30 heavy (non-hydrogen) atoms. The zero-order chi connectivity index (χ0) is 21.0. The molecule has 0 saturated carbocycles. The van der Waals surface area contributed by atoms with Crippen LogP contribution in [0.25, 0.3) is 31.6 Å². The standard InChI is InChI=1S/C22H21N5O2S/c1-4-17(28)26-5-6-27-14(10-26)18(19-21(23)24-11-25-22(19)27)16-9-13-7-12(2)8-15(29-3)20(13)30-16/h4,7-9,11H,1,5-6,10H2,2-3H3,(H2,23,24,25). The molecule has 3 aromatic heterocycles. The molecule has 152 valence electrons. The molecule has 0 saturated heterocycles. The van der Waals surface area contributed by atoms with Gasteiger partial charge in [-0.1, -0.05) is 12.6 Å². The van der Waals surface area contributed by atoms with Crippen LogP contribution < -0.4 is 10.5 Å². The van der Waals surface area contributed by atoms with Crippen molar-refractivity contribution in [2.45, 2.75) is 20.0 Å². The molecule has 1 aromatic carbocycles. The summed E-state index contributed by atoms with van der Waals surface area (Å²) in [6.07, 6.45) is 2.85. The molecule has 5 rings (SSSR count). The second kappa shape index (κ2) is 6.84. The third-order valence-corrected chi connectivity index (χ3v) is 6.77. The van der Waals surface area contributed by atoms with Crippen molar-refractivity contribution < 1.29 is 9.53 Å². The normalized spacial score (nSPS) is 13.6. The van der Waals surface area contributed by atoms with Gasteiger partial charge in [-0.25, -0.2) is 9.97 Å². The lowest BCUT2D eigenvalue weighted by Gasteiger charge is -2.28. The Morgan fingerprint density at radius 1 is 1.30 bits per heavy atom. The molecule has 7 nitrogen and oxygen atoms in total.